The van der Waals surface area contributed by atoms with E-state index in [1.54, 1.807) is 0 Å². The van der Waals surface area contributed by atoms with Gasteiger partial charge in [0.2, 0.25) is 17.6 Å². The van der Waals surface area contributed by atoms with Gasteiger partial charge in [0, 0.05) is 12.1 Å². The van der Waals surface area contributed by atoms with Crippen molar-refractivity contribution in [3.05, 3.63) is 36.2 Å². The van der Waals surface area contributed by atoms with Crippen LogP contribution in [-0.4, -0.2) is 38.7 Å². The average Bonchev–Trinajstić information content (AvgIpc) is 3.48. The quantitative estimate of drug-likeness (QED) is 0.351. The van der Waals surface area contributed by atoms with Crippen LogP contribution in [0.3, 0.4) is 0 Å². The molecule has 2 heterocycles. The van der Waals surface area contributed by atoms with E-state index >= 15 is 4.79 Å². The van der Waals surface area contributed by atoms with E-state index in [1.165, 1.54) is 51.4 Å². The maximum absolute atomic E-state index is 15.5. The van der Waals surface area contributed by atoms with Gasteiger partial charge in [-0.05, 0) is 147 Å². The zero-order valence-corrected chi connectivity index (χ0v) is 31.1. The summed E-state index contributed by atoms with van der Waals surface area (Å²) in [6.07, 6.45) is 16.0. The minimum atomic E-state index is -0.271. The van der Waals surface area contributed by atoms with E-state index in [2.05, 4.69) is 51.6 Å². The number of rotatable bonds is 4. The van der Waals surface area contributed by atoms with E-state index in [0.717, 1.165) is 50.6 Å². The highest BCUT2D eigenvalue weighted by molar-refractivity contribution is 5.84. The minimum Gasteiger partial charge on any atom is -0.393 e. The first-order valence-electron chi connectivity index (χ1n) is 20.2. The predicted molar refractivity (Wildman–Crippen MR) is 191 cm³/mol. The lowest BCUT2D eigenvalue weighted by Crippen LogP contribution is -2.67. The fourth-order valence-corrected chi connectivity index (χ4v) is 14.9. The predicted octanol–water partition coefficient (Wildman–Crippen LogP) is 9.64. The largest absolute Gasteiger partial charge is 0.393 e. The van der Waals surface area contributed by atoms with Gasteiger partial charge in [-0.3, -0.25) is 4.79 Å². The first-order chi connectivity index (χ1) is 23.3. The zero-order chi connectivity index (χ0) is 34.2. The summed E-state index contributed by atoms with van der Waals surface area (Å²) < 4.78 is 5.94. The van der Waals surface area contributed by atoms with Gasteiger partial charge in [0.05, 0.1) is 11.5 Å². The Morgan fingerprint density at radius 2 is 1.57 bits per heavy atom. The Balaban J connectivity index is 1.06. The van der Waals surface area contributed by atoms with Crippen LogP contribution in [0.4, 0.5) is 0 Å². The molecule has 9 rings (SSSR count). The third-order valence-corrected chi connectivity index (χ3v) is 18.0. The molecule has 266 valence electrons. The van der Waals surface area contributed by atoms with E-state index in [4.69, 9.17) is 9.51 Å². The number of aliphatic hydroxyl groups excluding tert-OH is 1. The van der Waals surface area contributed by atoms with Crippen molar-refractivity contribution in [3.63, 3.8) is 0 Å². The number of benzene rings is 1. The van der Waals surface area contributed by atoms with Crippen LogP contribution in [0.5, 0.6) is 0 Å². The van der Waals surface area contributed by atoms with Gasteiger partial charge in [-0.25, -0.2) is 0 Å². The summed E-state index contributed by atoms with van der Waals surface area (Å²) in [6, 6.07) is 9.93. The maximum atomic E-state index is 15.5. The number of carbonyl (C=O) groups is 1. The van der Waals surface area contributed by atoms with Crippen molar-refractivity contribution in [1.82, 2.24) is 15.0 Å². The number of carbonyl (C=O) groups excluding carboxylic acids is 1. The first kappa shape index (κ1) is 32.7. The molecule has 6 nitrogen and oxygen atoms in total. The summed E-state index contributed by atoms with van der Waals surface area (Å²) in [4.78, 5) is 22.6. The van der Waals surface area contributed by atoms with E-state index in [-0.39, 0.29) is 39.2 Å². The molecule has 1 saturated heterocycles. The minimum absolute atomic E-state index is 0.0240. The molecule has 0 radical (unpaired) electrons. The summed E-state index contributed by atoms with van der Waals surface area (Å²) in [7, 11) is 0. The number of nitrogens with zero attached hydrogens (tertiary/aromatic N) is 3. The van der Waals surface area contributed by atoms with Crippen LogP contribution in [0.15, 0.2) is 34.9 Å². The lowest BCUT2D eigenvalue weighted by molar-refractivity contribution is -0.249. The standard InChI is InChI=1S/C43H61N3O3/c1-38(2)31-17-20-42(6)32(40(31,4)19-18-33(38)47)15-14-29-34-28(39(3)22-23-39)16-21-43(34,25-24-41(29,42)5)37(48)46-26-10-13-30(46)36-44-35(45-49-36)27-11-8-7-9-12-27/h7-9,11-12,28-34,47H,10,13-26H2,1-6H3/t28-,29-,30?,31+,32-,33?,34-,40?,41-,42?,43?/m1/s1. The summed E-state index contributed by atoms with van der Waals surface area (Å²) in [5, 5.41) is 15.5. The molecule has 1 aromatic carbocycles. The molecule has 5 unspecified atom stereocenters. The first-order valence-corrected chi connectivity index (χ1v) is 20.2. The zero-order valence-electron chi connectivity index (χ0n) is 31.1. The summed E-state index contributed by atoms with van der Waals surface area (Å²) in [6.45, 7) is 16.1. The molecule has 1 aliphatic heterocycles. The monoisotopic (exact) mass is 667 g/mol. The molecule has 2 aromatic rings. The summed E-state index contributed by atoms with van der Waals surface area (Å²) in [5.74, 6) is 4.61. The third-order valence-electron chi connectivity index (χ3n) is 18.0. The Bertz CT molecular complexity index is 1610. The number of fused-ring (bicyclic) bond motifs is 7. The summed E-state index contributed by atoms with van der Waals surface area (Å²) >= 11 is 0. The van der Waals surface area contributed by atoms with Crippen LogP contribution in [0.25, 0.3) is 11.4 Å². The SMILES string of the molecule is CC1([C@@H]2CCC3(C(=O)N4CCCC4c4nc(-c5ccccc5)no4)CC[C@]4(C)[C@H](CC[C@@H]5C6(C)CCC(O)C(C)(C)[C@@H]6CCC54C)[C@@H]23)CC1. The van der Waals surface area contributed by atoms with Crippen LogP contribution in [0, 0.1) is 62.1 Å². The van der Waals surface area contributed by atoms with E-state index < -0.39 is 0 Å². The number of aliphatic hydroxyl groups is 1. The normalized spacial score (nSPS) is 46.3. The molecule has 6 saturated carbocycles. The number of hydrogen-bond donors (Lipinski definition) is 1. The Morgan fingerprint density at radius 3 is 2.33 bits per heavy atom. The van der Waals surface area contributed by atoms with Crippen molar-refractivity contribution in [2.24, 2.45) is 62.1 Å². The molecule has 0 spiro atoms. The van der Waals surface area contributed by atoms with Gasteiger partial charge in [-0.15, -0.1) is 0 Å². The lowest BCUT2D eigenvalue weighted by Gasteiger charge is -2.73. The molecule has 0 bridgehead atoms. The number of hydrogen-bond acceptors (Lipinski definition) is 5. The molecule has 1 aromatic heterocycles. The Kier molecular flexibility index (Phi) is 7.12. The summed E-state index contributed by atoms with van der Waals surface area (Å²) in [5.41, 5.74) is 1.83. The second-order valence-corrected chi connectivity index (χ2v) is 20.0. The van der Waals surface area contributed by atoms with Gasteiger partial charge in [0.1, 0.15) is 6.04 Å². The Hall–Kier alpha value is -2.21. The van der Waals surface area contributed by atoms with Crippen molar-refractivity contribution in [2.75, 3.05) is 6.54 Å². The number of aromatic nitrogens is 2. The van der Waals surface area contributed by atoms with Crippen LogP contribution in [-0.2, 0) is 4.79 Å². The van der Waals surface area contributed by atoms with Crippen LogP contribution in [0.1, 0.15) is 143 Å². The highest BCUT2D eigenvalue weighted by Gasteiger charge is 2.73. The Morgan fingerprint density at radius 1 is 0.796 bits per heavy atom. The fourth-order valence-electron chi connectivity index (χ4n) is 14.9. The van der Waals surface area contributed by atoms with E-state index in [0.29, 0.717) is 52.6 Å². The second-order valence-electron chi connectivity index (χ2n) is 20.0. The molecule has 49 heavy (non-hydrogen) atoms. The highest BCUT2D eigenvalue weighted by Crippen LogP contribution is 2.79. The highest BCUT2D eigenvalue weighted by atomic mass is 16.5. The van der Waals surface area contributed by atoms with Crippen LogP contribution in [0.2, 0.25) is 0 Å². The van der Waals surface area contributed by atoms with Crippen molar-refractivity contribution in [2.45, 2.75) is 144 Å². The second kappa shape index (κ2) is 10.7. The molecule has 7 fully saturated rings. The van der Waals surface area contributed by atoms with Gasteiger partial charge in [-0.1, -0.05) is 77.0 Å². The topological polar surface area (TPSA) is 79.5 Å². The molecule has 6 heteroatoms. The molecule has 11 atom stereocenters. The molecular weight excluding hydrogens is 606 g/mol. The average molecular weight is 668 g/mol. The Labute approximate surface area is 294 Å². The van der Waals surface area contributed by atoms with Gasteiger partial charge in [-0.2, -0.15) is 4.98 Å². The number of amides is 1. The fraction of sp³-hybridized carbons (Fsp3) is 0.791. The molecule has 6 aliphatic carbocycles. The van der Waals surface area contributed by atoms with E-state index in [9.17, 15) is 5.11 Å². The van der Waals surface area contributed by atoms with Crippen molar-refractivity contribution in [1.29, 1.82) is 0 Å². The van der Waals surface area contributed by atoms with Gasteiger partial charge in [0.15, 0.2) is 0 Å². The maximum Gasteiger partial charge on any atom is 0.249 e. The third kappa shape index (κ3) is 4.31. The smallest absolute Gasteiger partial charge is 0.249 e. The molecule has 1 amide bonds. The molecule has 1 N–H and O–H groups in total. The van der Waals surface area contributed by atoms with Crippen molar-refractivity contribution < 1.29 is 14.4 Å². The van der Waals surface area contributed by atoms with Crippen LogP contribution < -0.4 is 0 Å². The molecule has 7 aliphatic rings. The van der Waals surface area contributed by atoms with Crippen molar-refractivity contribution >= 4 is 5.91 Å². The van der Waals surface area contributed by atoms with Gasteiger partial charge in [0.25, 0.3) is 0 Å². The van der Waals surface area contributed by atoms with E-state index in [1.807, 2.05) is 30.3 Å². The van der Waals surface area contributed by atoms with Gasteiger partial charge < -0.3 is 14.5 Å². The van der Waals surface area contributed by atoms with Crippen molar-refractivity contribution in [3.8, 4) is 11.4 Å². The number of likely N-dealkylation sites (tertiary alicyclic amines) is 1. The molecular formula is C43H61N3O3. The lowest BCUT2D eigenvalue weighted by atomic mass is 9.32. The van der Waals surface area contributed by atoms with Gasteiger partial charge >= 0.3 is 0 Å². The van der Waals surface area contributed by atoms with Crippen LogP contribution >= 0.6 is 0 Å².